The van der Waals surface area contributed by atoms with Gasteiger partial charge in [0.15, 0.2) is 0 Å². The molecule has 0 fully saturated rings. The van der Waals surface area contributed by atoms with E-state index in [2.05, 4.69) is 15.9 Å². The minimum absolute atomic E-state index is 0.272. The Morgan fingerprint density at radius 2 is 1.41 bits per heavy atom. The molecule has 0 aliphatic heterocycles. The number of alkyl halides is 1. The summed E-state index contributed by atoms with van der Waals surface area (Å²) in [6.07, 6.45) is 0. The van der Waals surface area contributed by atoms with Gasteiger partial charge in [-0.1, -0.05) is 64.6 Å². The van der Waals surface area contributed by atoms with Crippen LogP contribution in [0, 0.1) is 0 Å². The first-order valence-corrected chi connectivity index (χ1v) is 10.1. The lowest BCUT2D eigenvalue weighted by molar-refractivity contribution is 0.0897. The van der Waals surface area contributed by atoms with Gasteiger partial charge in [-0.25, -0.2) is 0 Å². The molecule has 7 heteroatoms. The number of carbonyl (C=O) groups excluding carboxylic acids is 1. The first-order valence-electron chi connectivity index (χ1n) is 7.70. The molecule has 0 aromatic heterocycles. The molecule has 1 atom stereocenters. The summed E-state index contributed by atoms with van der Waals surface area (Å²) < 4.78 is 5.68. The van der Waals surface area contributed by atoms with Gasteiger partial charge in [0.25, 0.3) is 0 Å². The molecule has 3 rings (SSSR count). The standard InChI is InChI=1S/C20H11BrCl4O2/c21-20(19(26)16-8-4-13(23)10-18(16)25)27-14-5-1-11(2-6-14)15-7-3-12(22)9-17(15)24/h1-10,20H. The molecule has 27 heavy (non-hydrogen) atoms. The van der Waals surface area contributed by atoms with Gasteiger partial charge in [-0.3, -0.25) is 4.79 Å². The highest BCUT2D eigenvalue weighted by atomic mass is 79.9. The largest absolute Gasteiger partial charge is 0.471 e. The summed E-state index contributed by atoms with van der Waals surface area (Å²) in [5.74, 6) is 0.214. The number of carbonyl (C=O) groups is 1. The van der Waals surface area contributed by atoms with Crippen LogP contribution in [-0.2, 0) is 0 Å². The van der Waals surface area contributed by atoms with Crippen LogP contribution in [0.3, 0.4) is 0 Å². The van der Waals surface area contributed by atoms with Crippen LogP contribution in [0.25, 0.3) is 11.1 Å². The molecule has 0 aliphatic carbocycles. The minimum atomic E-state index is -0.888. The summed E-state index contributed by atoms with van der Waals surface area (Å²) in [7, 11) is 0. The van der Waals surface area contributed by atoms with E-state index in [9.17, 15) is 4.79 Å². The van der Waals surface area contributed by atoms with Crippen LogP contribution in [0.1, 0.15) is 10.4 Å². The first kappa shape index (κ1) is 20.5. The van der Waals surface area contributed by atoms with E-state index in [1.165, 1.54) is 6.07 Å². The quantitative estimate of drug-likeness (QED) is 0.260. The zero-order chi connectivity index (χ0) is 19.6. The highest BCUT2D eigenvalue weighted by Gasteiger charge is 2.21. The van der Waals surface area contributed by atoms with Crippen LogP contribution in [0.2, 0.25) is 20.1 Å². The fraction of sp³-hybridized carbons (Fsp3) is 0.0500. The molecule has 0 N–H and O–H groups in total. The van der Waals surface area contributed by atoms with Gasteiger partial charge in [0.2, 0.25) is 10.8 Å². The van der Waals surface area contributed by atoms with Crippen LogP contribution in [0.5, 0.6) is 5.75 Å². The summed E-state index contributed by atoms with van der Waals surface area (Å²) in [5, 5.41) is 0.974. The molecule has 3 aromatic carbocycles. The monoisotopic (exact) mass is 502 g/mol. The Bertz CT molecular complexity index is 990. The van der Waals surface area contributed by atoms with Crippen LogP contribution < -0.4 is 4.74 Å². The highest BCUT2D eigenvalue weighted by molar-refractivity contribution is 9.09. The molecular weight excluding hydrogens is 494 g/mol. The third-order valence-electron chi connectivity index (χ3n) is 3.74. The SMILES string of the molecule is O=C(c1ccc(Cl)cc1Cl)C(Br)Oc1ccc(-c2ccc(Cl)cc2Cl)cc1. The van der Waals surface area contributed by atoms with E-state index in [0.717, 1.165) is 11.1 Å². The number of halogens is 5. The van der Waals surface area contributed by atoms with E-state index in [0.29, 0.717) is 26.4 Å². The molecule has 3 aromatic rings. The molecule has 0 aliphatic rings. The number of Topliss-reactive ketones (excluding diaryl/α,β-unsaturated/α-hetero) is 1. The molecule has 0 saturated heterocycles. The van der Waals surface area contributed by atoms with Gasteiger partial charge in [0.1, 0.15) is 5.75 Å². The molecule has 0 heterocycles. The Balaban J connectivity index is 1.75. The van der Waals surface area contributed by atoms with Crippen molar-refractivity contribution in [1.29, 1.82) is 0 Å². The summed E-state index contributed by atoms with van der Waals surface area (Å²) in [6, 6.07) is 17.2. The average molecular weight is 505 g/mol. The second kappa shape index (κ2) is 8.85. The smallest absolute Gasteiger partial charge is 0.215 e. The third-order valence-corrected chi connectivity index (χ3v) is 5.44. The third kappa shape index (κ3) is 4.98. The van der Waals surface area contributed by atoms with E-state index >= 15 is 0 Å². The van der Waals surface area contributed by atoms with E-state index in [-0.39, 0.29) is 10.8 Å². The molecule has 0 saturated carbocycles. The molecule has 1 unspecified atom stereocenters. The van der Waals surface area contributed by atoms with Crippen molar-refractivity contribution in [2.75, 3.05) is 0 Å². The summed E-state index contributed by atoms with van der Waals surface area (Å²) >= 11 is 27.4. The average Bonchev–Trinajstić information content (AvgIpc) is 2.62. The zero-order valence-corrected chi connectivity index (χ0v) is 18.2. The normalized spacial score (nSPS) is 11.9. The first-order chi connectivity index (χ1) is 12.8. The molecule has 0 amide bonds. The van der Waals surface area contributed by atoms with E-state index in [1.54, 1.807) is 36.4 Å². The van der Waals surface area contributed by atoms with Crippen molar-refractivity contribution >= 4 is 68.1 Å². The molecule has 0 radical (unpaired) electrons. The van der Waals surface area contributed by atoms with Crippen molar-refractivity contribution in [1.82, 2.24) is 0 Å². The Morgan fingerprint density at radius 3 is 2.00 bits per heavy atom. The van der Waals surface area contributed by atoms with E-state index < -0.39 is 5.01 Å². The number of hydrogen-bond donors (Lipinski definition) is 0. The molecule has 0 spiro atoms. The maximum atomic E-state index is 12.5. The van der Waals surface area contributed by atoms with Gasteiger partial charge in [-0.05, 0) is 64.0 Å². The summed E-state index contributed by atoms with van der Waals surface area (Å²) in [5.41, 5.74) is 2.08. The topological polar surface area (TPSA) is 26.3 Å². The van der Waals surface area contributed by atoms with Gasteiger partial charge in [0, 0.05) is 26.2 Å². The number of ether oxygens (including phenoxy) is 1. The lowest BCUT2D eigenvalue weighted by atomic mass is 10.1. The Labute approximate surface area is 185 Å². The van der Waals surface area contributed by atoms with Gasteiger partial charge >= 0.3 is 0 Å². The second-order valence-corrected chi connectivity index (χ2v) is 8.09. The molecule has 138 valence electrons. The molecular formula is C20H11BrCl4O2. The Kier molecular flexibility index (Phi) is 6.72. The van der Waals surface area contributed by atoms with E-state index in [4.69, 9.17) is 51.1 Å². The Hall–Kier alpha value is -1.23. The van der Waals surface area contributed by atoms with E-state index in [1.807, 2.05) is 18.2 Å². The van der Waals surface area contributed by atoms with Crippen molar-refractivity contribution < 1.29 is 9.53 Å². The second-order valence-electron chi connectivity index (χ2n) is 5.57. The maximum Gasteiger partial charge on any atom is 0.215 e. The van der Waals surface area contributed by atoms with Crippen molar-refractivity contribution in [2.45, 2.75) is 5.01 Å². The van der Waals surface area contributed by atoms with Crippen LogP contribution >= 0.6 is 62.3 Å². The molecule has 2 nitrogen and oxygen atoms in total. The van der Waals surface area contributed by atoms with Crippen molar-refractivity contribution in [2.24, 2.45) is 0 Å². The number of ketones is 1. The minimum Gasteiger partial charge on any atom is -0.471 e. The van der Waals surface area contributed by atoms with Crippen LogP contribution in [0.15, 0.2) is 60.7 Å². The zero-order valence-electron chi connectivity index (χ0n) is 13.6. The lowest BCUT2D eigenvalue weighted by Gasteiger charge is -2.14. The van der Waals surface area contributed by atoms with Crippen molar-refractivity contribution in [3.05, 3.63) is 86.3 Å². The Morgan fingerprint density at radius 1 is 0.815 bits per heavy atom. The van der Waals surface area contributed by atoms with Gasteiger partial charge in [-0.2, -0.15) is 0 Å². The van der Waals surface area contributed by atoms with Crippen molar-refractivity contribution in [3.63, 3.8) is 0 Å². The fourth-order valence-corrected chi connectivity index (χ4v) is 3.90. The number of benzene rings is 3. The lowest BCUT2D eigenvalue weighted by Crippen LogP contribution is -2.21. The van der Waals surface area contributed by atoms with Crippen LogP contribution in [-0.4, -0.2) is 10.8 Å². The van der Waals surface area contributed by atoms with Crippen LogP contribution in [0.4, 0.5) is 0 Å². The maximum absolute atomic E-state index is 12.5. The van der Waals surface area contributed by atoms with Gasteiger partial charge in [-0.15, -0.1) is 0 Å². The van der Waals surface area contributed by atoms with Crippen molar-refractivity contribution in [3.8, 4) is 16.9 Å². The fourth-order valence-electron chi connectivity index (χ4n) is 2.42. The molecule has 0 bridgehead atoms. The predicted molar refractivity (Wildman–Crippen MR) is 116 cm³/mol. The highest BCUT2D eigenvalue weighted by Crippen LogP contribution is 2.32. The summed E-state index contributed by atoms with van der Waals surface area (Å²) in [4.78, 5) is 12.5. The predicted octanol–water partition coefficient (Wildman–Crippen LogP) is 7.95. The van der Waals surface area contributed by atoms with Gasteiger partial charge in [0.05, 0.1) is 5.02 Å². The number of hydrogen-bond acceptors (Lipinski definition) is 2. The summed E-state index contributed by atoms with van der Waals surface area (Å²) in [6.45, 7) is 0. The number of rotatable bonds is 5. The van der Waals surface area contributed by atoms with Gasteiger partial charge < -0.3 is 4.74 Å².